The van der Waals surface area contributed by atoms with E-state index in [4.69, 9.17) is 0 Å². The van der Waals surface area contributed by atoms with Crippen LogP contribution in [0.15, 0.2) is 30.3 Å². The van der Waals surface area contributed by atoms with Crippen LogP contribution in [0.4, 0.5) is 0 Å². The molecule has 0 spiro atoms. The third-order valence-corrected chi connectivity index (χ3v) is 2.05. The van der Waals surface area contributed by atoms with E-state index in [9.17, 15) is 0 Å². The lowest BCUT2D eigenvalue weighted by Crippen LogP contribution is -2.23. The van der Waals surface area contributed by atoms with Crippen molar-refractivity contribution in [3.63, 3.8) is 0 Å². The van der Waals surface area contributed by atoms with E-state index in [1.165, 1.54) is 5.56 Å². The molecule has 0 saturated heterocycles. The molecule has 92 valence electrons. The average molecular weight is 221 g/mol. The van der Waals surface area contributed by atoms with Gasteiger partial charge in [0.05, 0.1) is 0 Å². The van der Waals surface area contributed by atoms with Gasteiger partial charge in [0, 0.05) is 0 Å². The third kappa shape index (κ3) is 11.3. The molecule has 1 N–H and O–H groups in total. The van der Waals surface area contributed by atoms with Gasteiger partial charge in [0.25, 0.3) is 0 Å². The Hall–Kier alpha value is -0.820. The summed E-state index contributed by atoms with van der Waals surface area (Å²) < 4.78 is 0. The Morgan fingerprint density at radius 3 is 1.56 bits per heavy atom. The summed E-state index contributed by atoms with van der Waals surface area (Å²) in [5.74, 6) is 1.56. The molecular weight excluding hydrogens is 194 g/mol. The minimum atomic E-state index is 0.781. The molecule has 0 amide bonds. The van der Waals surface area contributed by atoms with Crippen molar-refractivity contribution in [2.75, 3.05) is 13.1 Å². The first-order valence-corrected chi connectivity index (χ1v) is 6.24. The van der Waals surface area contributed by atoms with Gasteiger partial charge in [-0.15, -0.1) is 0 Å². The third-order valence-electron chi connectivity index (χ3n) is 2.05. The molecule has 0 atom stereocenters. The highest BCUT2D eigenvalue weighted by atomic mass is 14.9. The largest absolute Gasteiger partial charge is 0.316 e. The normalized spacial score (nSPS) is 10.2. The fourth-order valence-corrected chi connectivity index (χ4v) is 1.20. The minimum absolute atomic E-state index is 0.781. The number of hydrogen-bond acceptors (Lipinski definition) is 1. The smallest absolute Gasteiger partial charge is 0.00257 e. The van der Waals surface area contributed by atoms with Crippen molar-refractivity contribution in [3.8, 4) is 0 Å². The Morgan fingerprint density at radius 2 is 1.31 bits per heavy atom. The molecule has 0 saturated carbocycles. The van der Waals surface area contributed by atoms with Gasteiger partial charge in [0.15, 0.2) is 0 Å². The molecule has 0 aliphatic rings. The van der Waals surface area contributed by atoms with Crippen molar-refractivity contribution in [3.05, 3.63) is 35.9 Å². The van der Waals surface area contributed by atoms with Crippen LogP contribution in [-0.2, 0) is 0 Å². The molecule has 1 heteroatoms. The van der Waals surface area contributed by atoms with E-state index in [1.807, 2.05) is 18.2 Å². The summed E-state index contributed by atoms with van der Waals surface area (Å²) in [5.41, 5.74) is 1.32. The number of rotatable bonds is 4. The van der Waals surface area contributed by atoms with Gasteiger partial charge in [-0.2, -0.15) is 0 Å². The Morgan fingerprint density at radius 1 is 0.875 bits per heavy atom. The molecule has 1 aromatic rings. The average Bonchev–Trinajstić information content (AvgIpc) is 2.18. The molecule has 0 aliphatic carbocycles. The summed E-state index contributed by atoms with van der Waals surface area (Å²) >= 11 is 0. The van der Waals surface area contributed by atoms with Gasteiger partial charge in [0.2, 0.25) is 0 Å². The first-order valence-electron chi connectivity index (χ1n) is 6.24. The Kier molecular flexibility index (Phi) is 8.93. The van der Waals surface area contributed by atoms with E-state index in [2.05, 4.69) is 52.1 Å². The van der Waals surface area contributed by atoms with Gasteiger partial charge >= 0.3 is 0 Å². The molecule has 0 radical (unpaired) electrons. The first-order chi connectivity index (χ1) is 7.52. The van der Waals surface area contributed by atoms with Crippen LogP contribution in [0, 0.1) is 18.8 Å². The van der Waals surface area contributed by atoms with Crippen molar-refractivity contribution < 1.29 is 0 Å². The summed E-state index contributed by atoms with van der Waals surface area (Å²) in [6.45, 7) is 13.3. The predicted molar refractivity (Wildman–Crippen MR) is 73.7 cm³/mol. The number of hydrogen-bond donors (Lipinski definition) is 1. The highest BCUT2D eigenvalue weighted by molar-refractivity contribution is 5.11. The van der Waals surface area contributed by atoms with E-state index >= 15 is 0 Å². The summed E-state index contributed by atoms with van der Waals surface area (Å²) in [6.07, 6.45) is 0. The van der Waals surface area contributed by atoms with Gasteiger partial charge in [-0.05, 0) is 31.8 Å². The molecule has 0 unspecified atom stereocenters. The Labute approximate surface area is 101 Å². The van der Waals surface area contributed by atoms with Gasteiger partial charge in [0.1, 0.15) is 0 Å². The predicted octanol–water partition coefficient (Wildman–Crippen LogP) is 3.88. The van der Waals surface area contributed by atoms with E-state index in [-0.39, 0.29) is 0 Å². The van der Waals surface area contributed by atoms with Gasteiger partial charge in [-0.3, -0.25) is 0 Å². The second-order valence-electron chi connectivity index (χ2n) is 5.10. The van der Waals surface area contributed by atoms with Crippen LogP contribution in [0.25, 0.3) is 0 Å². The fourth-order valence-electron chi connectivity index (χ4n) is 1.20. The summed E-state index contributed by atoms with van der Waals surface area (Å²) in [4.78, 5) is 0. The monoisotopic (exact) mass is 221 g/mol. The van der Waals surface area contributed by atoms with Crippen LogP contribution >= 0.6 is 0 Å². The maximum absolute atomic E-state index is 3.38. The van der Waals surface area contributed by atoms with E-state index < -0.39 is 0 Å². The lowest BCUT2D eigenvalue weighted by molar-refractivity contribution is 0.497. The second-order valence-corrected chi connectivity index (χ2v) is 5.10. The standard InChI is InChI=1S/C8H19N.C7H8/c1-7(2)5-9-6-8(3)4;1-7-5-3-2-4-6-7/h7-9H,5-6H2,1-4H3;2-6H,1H3. The highest BCUT2D eigenvalue weighted by Crippen LogP contribution is 1.92. The van der Waals surface area contributed by atoms with Crippen LogP contribution in [0.2, 0.25) is 0 Å². The number of benzene rings is 1. The van der Waals surface area contributed by atoms with Crippen LogP contribution in [0.3, 0.4) is 0 Å². The zero-order chi connectivity index (χ0) is 12.4. The zero-order valence-electron chi connectivity index (χ0n) is 11.5. The SMILES string of the molecule is CC(C)CNCC(C)C.Cc1ccccc1. The van der Waals surface area contributed by atoms with E-state index in [0.29, 0.717) is 0 Å². The molecule has 0 fully saturated rings. The Balaban J connectivity index is 0.000000288. The molecular formula is C15H27N. The number of aryl methyl sites for hydroxylation is 1. The zero-order valence-corrected chi connectivity index (χ0v) is 11.5. The molecule has 0 bridgehead atoms. The van der Waals surface area contributed by atoms with Crippen molar-refractivity contribution in [2.24, 2.45) is 11.8 Å². The quantitative estimate of drug-likeness (QED) is 0.813. The lowest BCUT2D eigenvalue weighted by Gasteiger charge is -2.08. The van der Waals surface area contributed by atoms with E-state index in [1.54, 1.807) is 0 Å². The summed E-state index contributed by atoms with van der Waals surface area (Å²) in [5, 5.41) is 3.38. The molecule has 0 heterocycles. The van der Waals surface area contributed by atoms with Crippen molar-refractivity contribution in [1.29, 1.82) is 0 Å². The van der Waals surface area contributed by atoms with Crippen LogP contribution < -0.4 is 5.32 Å². The lowest BCUT2D eigenvalue weighted by atomic mass is 10.2. The molecule has 16 heavy (non-hydrogen) atoms. The molecule has 1 nitrogen and oxygen atoms in total. The van der Waals surface area contributed by atoms with Gasteiger partial charge in [-0.25, -0.2) is 0 Å². The molecule has 1 aromatic carbocycles. The minimum Gasteiger partial charge on any atom is -0.316 e. The van der Waals surface area contributed by atoms with Crippen molar-refractivity contribution in [2.45, 2.75) is 34.6 Å². The Bertz CT molecular complexity index is 231. The van der Waals surface area contributed by atoms with Crippen molar-refractivity contribution in [1.82, 2.24) is 5.32 Å². The van der Waals surface area contributed by atoms with Crippen LogP contribution in [0.1, 0.15) is 33.3 Å². The second kappa shape index (κ2) is 9.41. The summed E-state index contributed by atoms with van der Waals surface area (Å²) in [7, 11) is 0. The van der Waals surface area contributed by atoms with Gasteiger partial charge < -0.3 is 5.32 Å². The molecule has 0 aromatic heterocycles. The van der Waals surface area contributed by atoms with E-state index in [0.717, 1.165) is 24.9 Å². The van der Waals surface area contributed by atoms with Crippen LogP contribution in [-0.4, -0.2) is 13.1 Å². The maximum atomic E-state index is 3.38. The number of nitrogens with one attached hydrogen (secondary N) is 1. The fraction of sp³-hybridized carbons (Fsp3) is 0.600. The first kappa shape index (κ1) is 15.2. The molecule has 0 aliphatic heterocycles. The topological polar surface area (TPSA) is 12.0 Å². The molecule has 1 rings (SSSR count). The van der Waals surface area contributed by atoms with Gasteiger partial charge in [-0.1, -0.05) is 63.6 Å². The maximum Gasteiger partial charge on any atom is -0.00257 e. The van der Waals surface area contributed by atoms with Crippen molar-refractivity contribution >= 4 is 0 Å². The van der Waals surface area contributed by atoms with Crippen LogP contribution in [0.5, 0.6) is 0 Å². The highest BCUT2D eigenvalue weighted by Gasteiger charge is 1.94. The summed E-state index contributed by atoms with van der Waals surface area (Å²) in [6, 6.07) is 10.3.